The third-order valence-corrected chi connectivity index (χ3v) is 10.4. The number of unbranched alkanes of at least 4 members (excludes halogenated alkanes) is 5. The lowest BCUT2D eigenvalue weighted by molar-refractivity contribution is -0.157. The summed E-state index contributed by atoms with van der Waals surface area (Å²) in [5, 5.41) is 0. The molecule has 6 nitrogen and oxygen atoms in total. The second-order valence-electron chi connectivity index (χ2n) is 14.7. The van der Waals surface area contributed by atoms with Crippen molar-refractivity contribution >= 4 is 16.2 Å². The SMILES string of the molecule is Cc1ccc(S(=O)(=O)OCCCCCCCCN(C(=O)OC(C)(C)C)[C@]23C[C@@H]4C[C@@](C)(C[C@@](C)(C4)C2)C3)cc1. The van der Waals surface area contributed by atoms with E-state index in [4.69, 9.17) is 8.92 Å². The average molecular weight is 562 g/mol. The molecule has 0 aromatic heterocycles. The van der Waals surface area contributed by atoms with Gasteiger partial charge in [-0.25, -0.2) is 4.79 Å². The summed E-state index contributed by atoms with van der Waals surface area (Å²) in [6.45, 7) is 13.7. The fraction of sp³-hybridized carbons (Fsp3) is 0.781. The topological polar surface area (TPSA) is 72.9 Å². The van der Waals surface area contributed by atoms with Crippen LogP contribution in [0.4, 0.5) is 4.79 Å². The van der Waals surface area contributed by atoms with E-state index in [1.807, 2.05) is 27.7 Å². The smallest absolute Gasteiger partial charge is 0.410 e. The van der Waals surface area contributed by atoms with Crippen molar-refractivity contribution in [1.82, 2.24) is 4.90 Å². The van der Waals surface area contributed by atoms with Gasteiger partial charge in [0.05, 0.1) is 11.5 Å². The van der Waals surface area contributed by atoms with E-state index in [9.17, 15) is 13.2 Å². The zero-order chi connectivity index (χ0) is 28.5. The van der Waals surface area contributed by atoms with Crippen molar-refractivity contribution < 1.29 is 22.1 Å². The summed E-state index contributed by atoms with van der Waals surface area (Å²) in [7, 11) is -3.69. The first-order valence-electron chi connectivity index (χ1n) is 15.1. The van der Waals surface area contributed by atoms with E-state index in [0.29, 0.717) is 10.8 Å². The van der Waals surface area contributed by atoms with Gasteiger partial charge in [-0.2, -0.15) is 8.42 Å². The van der Waals surface area contributed by atoms with Crippen molar-refractivity contribution in [2.45, 2.75) is 135 Å². The van der Waals surface area contributed by atoms with Crippen LogP contribution in [0.3, 0.4) is 0 Å². The molecular formula is C32H51NO5S. The monoisotopic (exact) mass is 561 g/mol. The minimum absolute atomic E-state index is 0.0640. The number of hydrogen-bond donors (Lipinski definition) is 0. The highest BCUT2D eigenvalue weighted by Crippen LogP contribution is 2.67. The van der Waals surface area contributed by atoms with Gasteiger partial charge in [0.15, 0.2) is 0 Å². The molecule has 4 bridgehead atoms. The Kier molecular flexibility index (Phi) is 8.83. The highest BCUT2D eigenvalue weighted by molar-refractivity contribution is 7.86. The van der Waals surface area contributed by atoms with Gasteiger partial charge in [-0.1, -0.05) is 57.2 Å². The van der Waals surface area contributed by atoms with Crippen molar-refractivity contribution in [3.05, 3.63) is 29.8 Å². The minimum atomic E-state index is -3.69. The Balaban J connectivity index is 1.24. The molecule has 0 N–H and O–H groups in total. The molecule has 4 aliphatic rings. The lowest BCUT2D eigenvalue weighted by Gasteiger charge is -2.67. The molecule has 0 spiro atoms. The van der Waals surface area contributed by atoms with Crippen LogP contribution < -0.4 is 0 Å². The molecule has 0 radical (unpaired) electrons. The summed E-state index contributed by atoms with van der Waals surface area (Å²) in [5.74, 6) is 0.721. The molecule has 4 atom stereocenters. The summed E-state index contributed by atoms with van der Waals surface area (Å²) >= 11 is 0. The van der Waals surface area contributed by atoms with Gasteiger partial charge in [-0.05, 0) is 108 Å². The van der Waals surface area contributed by atoms with Crippen molar-refractivity contribution in [2.75, 3.05) is 13.2 Å². The van der Waals surface area contributed by atoms with E-state index in [-0.39, 0.29) is 23.1 Å². The predicted octanol–water partition coefficient (Wildman–Crippen LogP) is 8.03. The number of rotatable bonds is 12. The number of amides is 1. The second kappa shape index (κ2) is 11.3. The Labute approximate surface area is 237 Å². The molecule has 4 saturated carbocycles. The summed E-state index contributed by atoms with van der Waals surface area (Å²) in [6, 6.07) is 6.75. The maximum absolute atomic E-state index is 13.6. The molecule has 5 rings (SSSR count). The van der Waals surface area contributed by atoms with Crippen LogP contribution in [0.15, 0.2) is 29.2 Å². The minimum Gasteiger partial charge on any atom is -0.444 e. The summed E-state index contributed by atoms with van der Waals surface area (Å²) in [5.41, 5.74) is 1.13. The number of carbonyl (C=O) groups is 1. The van der Waals surface area contributed by atoms with E-state index in [0.717, 1.165) is 75.8 Å². The van der Waals surface area contributed by atoms with Crippen LogP contribution in [0.2, 0.25) is 0 Å². The Morgan fingerprint density at radius 3 is 2.03 bits per heavy atom. The number of carbonyl (C=O) groups excluding carboxylic acids is 1. The van der Waals surface area contributed by atoms with Crippen molar-refractivity contribution in [1.29, 1.82) is 0 Å². The maximum atomic E-state index is 13.6. The molecule has 0 heterocycles. The first kappa shape index (κ1) is 30.4. The molecule has 0 aliphatic heterocycles. The van der Waals surface area contributed by atoms with Crippen LogP contribution in [0, 0.1) is 23.7 Å². The molecule has 0 saturated heterocycles. The number of nitrogens with zero attached hydrogens (tertiary/aromatic N) is 1. The number of hydrogen-bond acceptors (Lipinski definition) is 5. The van der Waals surface area contributed by atoms with Gasteiger partial charge in [-0.3, -0.25) is 4.18 Å². The van der Waals surface area contributed by atoms with Gasteiger partial charge in [0, 0.05) is 12.1 Å². The van der Waals surface area contributed by atoms with Crippen molar-refractivity contribution in [3.63, 3.8) is 0 Å². The van der Waals surface area contributed by atoms with Gasteiger partial charge < -0.3 is 9.64 Å². The molecule has 1 amide bonds. The predicted molar refractivity (Wildman–Crippen MR) is 155 cm³/mol. The van der Waals surface area contributed by atoms with Crippen LogP contribution >= 0.6 is 0 Å². The molecule has 0 unspecified atom stereocenters. The lowest BCUT2D eigenvalue weighted by atomic mass is 9.42. The third kappa shape index (κ3) is 7.58. The van der Waals surface area contributed by atoms with Crippen LogP contribution in [0.5, 0.6) is 0 Å². The van der Waals surface area contributed by atoms with Gasteiger partial charge in [-0.15, -0.1) is 0 Å². The molecule has 1 aromatic carbocycles. The van der Waals surface area contributed by atoms with Crippen molar-refractivity contribution in [2.24, 2.45) is 16.7 Å². The third-order valence-electron chi connectivity index (χ3n) is 9.11. The molecule has 7 heteroatoms. The number of benzene rings is 1. The quantitative estimate of drug-likeness (QED) is 0.191. The van der Waals surface area contributed by atoms with Gasteiger partial charge >= 0.3 is 6.09 Å². The summed E-state index contributed by atoms with van der Waals surface area (Å²) < 4.78 is 35.8. The fourth-order valence-corrected chi connectivity index (χ4v) is 9.49. The Hall–Kier alpha value is -1.60. The Morgan fingerprint density at radius 1 is 0.897 bits per heavy atom. The van der Waals surface area contributed by atoms with Crippen LogP contribution in [-0.4, -0.2) is 43.7 Å². The van der Waals surface area contributed by atoms with E-state index in [1.54, 1.807) is 24.3 Å². The first-order chi connectivity index (χ1) is 18.1. The Bertz CT molecular complexity index is 1090. The normalized spacial score (nSPS) is 29.9. The largest absolute Gasteiger partial charge is 0.444 e. The fourth-order valence-electron chi connectivity index (χ4n) is 8.55. The molecule has 4 aliphatic carbocycles. The highest BCUT2D eigenvalue weighted by atomic mass is 32.2. The van der Waals surface area contributed by atoms with Gasteiger partial charge in [0.1, 0.15) is 5.60 Å². The van der Waals surface area contributed by atoms with Crippen LogP contribution in [0.1, 0.15) is 117 Å². The average Bonchev–Trinajstić information content (AvgIpc) is 2.76. The Morgan fingerprint density at radius 2 is 1.46 bits per heavy atom. The lowest BCUT2D eigenvalue weighted by Crippen LogP contribution is -2.66. The molecule has 1 aromatic rings. The maximum Gasteiger partial charge on any atom is 0.410 e. The molecule has 4 fully saturated rings. The molecule has 220 valence electrons. The summed E-state index contributed by atoms with van der Waals surface area (Å²) in [4.78, 5) is 15.9. The van der Waals surface area contributed by atoms with Crippen molar-refractivity contribution in [3.8, 4) is 0 Å². The van der Waals surface area contributed by atoms with E-state index in [2.05, 4.69) is 18.7 Å². The van der Waals surface area contributed by atoms with Crippen LogP contribution in [-0.2, 0) is 19.0 Å². The molecule has 39 heavy (non-hydrogen) atoms. The van der Waals surface area contributed by atoms with Gasteiger partial charge in [0.2, 0.25) is 0 Å². The number of ether oxygens (including phenoxy) is 1. The first-order valence-corrected chi connectivity index (χ1v) is 16.5. The number of aryl methyl sites for hydroxylation is 1. The van der Waals surface area contributed by atoms with E-state index in [1.165, 1.54) is 19.3 Å². The van der Waals surface area contributed by atoms with Gasteiger partial charge in [0.25, 0.3) is 10.1 Å². The highest BCUT2D eigenvalue weighted by Gasteiger charge is 2.62. The van der Waals surface area contributed by atoms with E-state index < -0.39 is 15.7 Å². The zero-order valence-corrected chi connectivity index (χ0v) is 26.0. The summed E-state index contributed by atoms with van der Waals surface area (Å²) in [6.07, 6.45) is 12.9. The van der Waals surface area contributed by atoms with Crippen LogP contribution in [0.25, 0.3) is 0 Å². The standard InChI is InChI=1S/C32H51NO5S/c1-25-13-15-27(16-14-25)39(35,36)37-18-12-10-8-7-9-11-17-33(28(34)38-29(2,3)4)32-21-26-19-30(5,23-32)22-31(6,20-26)24-32/h13-16,26H,7-12,17-24H2,1-6H3/t26-,30+,31-,32+. The second-order valence-corrected chi connectivity index (χ2v) is 16.3. The zero-order valence-electron chi connectivity index (χ0n) is 25.2. The molecular weight excluding hydrogens is 510 g/mol. The van der Waals surface area contributed by atoms with E-state index >= 15 is 0 Å².